The number of carbonyl (C=O) groups excluding carboxylic acids is 1. The number of halogens is 1. The molecule has 1 aromatic rings. The van der Waals surface area contributed by atoms with Gasteiger partial charge >= 0.3 is 0 Å². The lowest BCUT2D eigenvalue weighted by atomic mass is 10.4. The van der Waals surface area contributed by atoms with Gasteiger partial charge in [-0.1, -0.05) is 12.1 Å². The topological polar surface area (TPSA) is 63.2 Å². The molecule has 0 radical (unpaired) electrons. The number of carbonyl (C=O) groups is 1. The molecule has 0 amide bonds. The first-order chi connectivity index (χ1) is 6.93. The lowest BCUT2D eigenvalue weighted by molar-refractivity contribution is -0.115. The lowest BCUT2D eigenvalue weighted by Gasteiger charge is -2.06. The number of benzene rings is 1. The molecule has 1 rings (SSSR count). The Balaban J connectivity index is 2.97. The maximum atomic E-state index is 11.7. The van der Waals surface area contributed by atoms with Crippen molar-refractivity contribution in [1.29, 1.82) is 0 Å². The molecule has 0 aliphatic carbocycles. The van der Waals surface area contributed by atoms with Crippen LogP contribution in [0.4, 0.5) is 0 Å². The quantitative estimate of drug-likeness (QED) is 0.910. The SMILES string of the molecule is CC(=O)CNS(=O)(=O)c1ccccc1Br. The van der Waals surface area contributed by atoms with E-state index in [0.29, 0.717) is 4.47 Å². The molecule has 4 nitrogen and oxygen atoms in total. The van der Waals surface area contributed by atoms with Crippen LogP contribution >= 0.6 is 15.9 Å². The van der Waals surface area contributed by atoms with Crippen molar-refractivity contribution in [2.24, 2.45) is 0 Å². The smallest absolute Gasteiger partial charge is 0.242 e. The van der Waals surface area contributed by atoms with Crippen molar-refractivity contribution in [3.05, 3.63) is 28.7 Å². The van der Waals surface area contributed by atoms with Crippen LogP contribution in [-0.2, 0) is 14.8 Å². The molecule has 0 heterocycles. The second kappa shape index (κ2) is 4.87. The zero-order valence-electron chi connectivity index (χ0n) is 8.03. The van der Waals surface area contributed by atoms with E-state index in [-0.39, 0.29) is 17.2 Å². The van der Waals surface area contributed by atoms with Gasteiger partial charge in [0.2, 0.25) is 10.0 Å². The van der Waals surface area contributed by atoms with Crippen LogP contribution in [0.25, 0.3) is 0 Å². The highest BCUT2D eigenvalue weighted by Gasteiger charge is 2.16. The van der Waals surface area contributed by atoms with Gasteiger partial charge in [-0.15, -0.1) is 0 Å². The number of nitrogens with one attached hydrogen (secondary N) is 1. The van der Waals surface area contributed by atoms with E-state index in [0.717, 1.165) is 0 Å². The molecule has 1 N–H and O–H groups in total. The summed E-state index contributed by atoms with van der Waals surface area (Å²) >= 11 is 3.14. The van der Waals surface area contributed by atoms with Crippen LogP contribution in [-0.4, -0.2) is 20.7 Å². The van der Waals surface area contributed by atoms with Crippen LogP contribution < -0.4 is 4.72 Å². The van der Waals surface area contributed by atoms with E-state index in [1.165, 1.54) is 13.0 Å². The lowest BCUT2D eigenvalue weighted by Crippen LogP contribution is -2.28. The minimum Gasteiger partial charge on any atom is -0.299 e. The first-order valence-corrected chi connectivity index (χ1v) is 6.45. The third kappa shape index (κ3) is 3.40. The van der Waals surface area contributed by atoms with Gasteiger partial charge in [0.1, 0.15) is 5.78 Å². The third-order valence-electron chi connectivity index (χ3n) is 1.64. The molecule has 0 unspecified atom stereocenters. The van der Waals surface area contributed by atoms with Gasteiger partial charge in [-0.2, -0.15) is 0 Å². The van der Waals surface area contributed by atoms with Crippen LogP contribution in [0.2, 0.25) is 0 Å². The summed E-state index contributed by atoms with van der Waals surface area (Å²) in [5.41, 5.74) is 0. The zero-order valence-corrected chi connectivity index (χ0v) is 10.4. The predicted octanol–water partition coefficient (Wildman–Crippen LogP) is 1.32. The van der Waals surface area contributed by atoms with Crippen LogP contribution in [0.3, 0.4) is 0 Å². The Morgan fingerprint density at radius 3 is 2.53 bits per heavy atom. The predicted molar refractivity (Wildman–Crippen MR) is 60.0 cm³/mol. The Hall–Kier alpha value is -0.720. The van der Waals surface area contributed by atoms with Crippen molar-refractivity contribution >= 4 is 31.7 Å². The van der Waals surface area contributed by atoms with Crippen LogP contribution in [0, 0.1) is 0 Å². The molecule has 0 saturated carbocycles. The Morgan fingerprint density at radius 1 is 1.40 bits per heavy atom. The monoisotopic (exact) mass is 291 g/mol. The van der Waals surface area contributed by atoms with E-state index in [1.54, 1.807) is 18.2 Å². The molecule has 0 bridgehead atoms. The minimum atomic E-state index is -3.60. The van der Waals surface area contributed by atoms with Crippen molar-refractivity contribution in [2.45, 2.75) is 11.8 Å². The summed E-state index contributed by atoms with van der Waals surface area (Å²) in [5.74, 6) is -0.231. The molecule has 82 valence electrons. The molecule has 0 atom stereocenters. The summed E-state index contributed by atoms with van der Waals surface area (Å²) in [6, 6.07) is 6.43. The fourth-order valence-corrected chi connectivity index (χ4v) is 2.99. The van der Waals surface area contributed by atoms with Gasteiger partial charge in [-0.25, -0.2) is 13.1 Å². The average Bonchev–Trinajstić information content (AvgIpc) is 2.15. The maximum absolute atomic E-state index is 11.7. The second-order valence-electron chi connectivity index (χ2n) is 2.96. The molecule has 0 aliphatic rings. The number of ketones is 1. The van der Waals surface area contributed by atoms with E-state index in [1.807, 2.05) is 0 Å². The summed E-state index contributed by atoms with van der Waals surface area (Å²) in [7, 11) is -3.60. The molecule has 0 saturated heterocycles. The van der Waals surface area contributed by atoms with Crippen molar-refractivity contribution in [1.82, 2.24) is 4.72 Å². The molecular formula is C9H10BrNO3S. The summed E-state index contributed by atoms with van der Waals surface area (Å²) in [5, 5.41) is 0. The summed E-state index contributed by atoms with van der Waals surface area (Å²) in [4.78, 5) is 10.8. The number of hydrogen-bond acceptors (Lipinski definition) is 3. The number of sulfonamides is 1. The third-order valence-corrected chi connectivity index (χ3v) is 4.05. The van der Waals surface area contributed by atoms with Gasteiger partial charge in [0.25, 0.3) is 0 Å². The second-order valence-corrected chi connectivity index (χ2v) is 5.55. The average molecular weight is 292 g/mol. The number of Topliss-reactive ketones (excluding diaryl/α,β-unsaturated/α-hetero) is 1. The molecule has 0 fully saturated rings. The fourth-order valence-electron chi connectivity index (χ4n) is 0.937. The van der Waals surface area contributed by atoms with Gasteiger partial charge in [-0.05, 0) is 35.0 Å². The van der Waals surface area contributed by atoms with Gasteiger partial charge < -0.3 is 0 Å². The molecule has 1 aromatic carbocycles. The van der Waals surface area contributed by atoms with E-state index < -0.39 is 10.0 Å². The van der Waals surface area contributed by atoms with Crippen LogP contribution in [0.15, 0.2) is 33.6 Å². The maximum Gasteiger partial charge on any atom is 0.242 e. The van der Waals surface area contributed by atoms with E-state index in [2.05, 4.69) is 20.7 Å². The number of rotatable bonds is 4. The van der Waals surface area contributed by atoms with Crippen LogP contribution in [0.1, 0.15) is 6.92 Å². The van der Waals surface area contributed by atoms with E-state index in [4.69, 9.17) is 0 Å². The Labute approximate surface area is 96.9 Å². The first-order valence-electron chi connectivity index (χ1n) is 4.17. The summed E-state index contributed by atoms with van der Waals surface area (Å²) in [6.45, 7) is 1.13. The van der Waals surface area contributed by atoms with Gasteiger partial charge in [-0.3, -0.25) is 4.79 Å². The molecule has 6 heteroatoms. The molecular weight excluding hydrogens is 282 g/mol. The molecule has 0 aliphatic heterocycles. The van der Waals surface area contributed by atoms with Crippen molar-refractivity contribution in [3.63, 3.8) is 0 Å². The Bertz CT molecular complexity index is 470. The van der Waals surface area contributed by atoms with Gasteiger partial charge in [0, 0.05) is 4.47 Å². The molecule has 0 spiro atoms. The van der Waals surface area contributed by atoms with Crippen molar-refractivity contribution in [2.75, 3.05) is 6.54 Å². The highest BCUT2D eigenvalue weighted by Crippen LogP contribution is 2.20. The van der Waals surface area contributed by atoms with E-state index >= 15 is 0 Å². The standard InChI is InChI=1S/C9H10BrNO3S/c1-7(12)6-11-15(13,14)9-5-3-2-4-8(9)10/h2-5,11H,6H2,1H3. The summed E-state index contributed by atoms with van der Waals surface area (Å²) in [6.07, 6.45) is 0. The van der Waals surface area contributed by atoms with Gasteiger partial charge in [0.15, 0.2) is 0 Å². The normalized spacial score (nSPS) is 11.3. The van der Waals surface area contributed by atoms with Crippen LogP contribution in [0.5, 0.6) is 0 Å². The van der Waals surface area contributed by atoms with Crippen molar-refractivity contribution < 1.29 is 13.2 Å². The molecule has 0 aromatic heterocycles. The summed E-state index contributed by atoms with van der Waals surface area (Å²) < 4.78 is 26.0. The van der Waals surface area contributed by atoms with Gasteiger partial charge in [0.05, 0.1) is 11.4 Å². The minimum absolute atomic E-state index is 0.131. The first kappa shape index (κ1) is 12.4. The Morgan fingerprint density at radius 2 is 2.00 bits per heavy atom. The number of hydrogen-bond donors (Lipinski definition) is 1. The fraction of sp³-hybridized carbons (Fsp3) is 0.222. The van der Waals surface area contributed by atoms with E-state index in [9.17, 15) is 13.2 Å². The largest absolute Gasteiger partial charge is 0.299 e. The highest BCUT2D eigenvalue weighted by molar-refractivity contribution is 9.10. The molecule has 15 heavy (non-hydrogen) atoms. The van der Waals surface area contributed by atoms with Crippen molar-refractivity contribution in [3.8, 4) is 0 Å². The highest BCUT2D eigenvalue weighted by atomic mass is 79.9. The Kier molecular flexibility index (Phi) is 4.01. The zero-order chi connectivity index (χ0) is 11.5.